The van der Waals surface area contributed by atoms with Crippen LogP contribution in [0.2, 0.25) is 0 Å². The van der Waals surface area contributed by atoms with Crippen molar-refractivity contribution in [2.45, 2.75) is 51.0 Å². The van der Waals surface area contributed by atoms with Gasteiger partial charge in [-0.15, -0.1) is 12.4 Å². The van der Waals surface area contributed by atoms with Crippen LogP contribution in [0.4, 0.5) is 0 Å². The Morgan fingerprint density at radius 2 is 1.62 bits per heavy atom. The maximum Gasteiger partial charge on any atom is 0.226 e. The van der Waals surface area contributed by atoms with E-state index >= 15 is 0 Å². The van der Waals surface area contributed by atoms with Gasteiger partial charge < -0.3 is 21.1 Å². The molecule has 7 heteroatoms. The fourth-order valence-corrected chi connectivity index (χ4v) is 6.13. The number of amides is 2. The lowest BCUT2D eigenvalue weighted by atomic mass is 9.49. The van der Waals surface area contributed by atoms with Crippen molar-refractivity contribution in [1.82, 2.24) is 16.0 Å². The molecule has 2 unspecified atom stereocenters. The van der Waals surface area contributed by atoms with Crippen LogP contribution in [-0.4, -0.2) is 49.2 Å². The number of aliphatic hydroxyl groups excluding tert-OH is 1. The molecule has 148 valence electrons. The molecule has 1 heterocycles. The van der Waals surface area contributed by atoms with Crippen LogP contribution in [0.1, 0.15) is 44.9 Å². The van der Waals surface area contributed by atoms with Gasteiger partial charge in [-0.2, -0.15) is 0 Å². The second-order valence-electron chi connectivity index (χ2n) is 8.99. The van der Waals surface area contributed by atoms with Gasteiger partial charge in [0.25, 0.3) is 0 Å². The van der Waals surface area contributed by atoms with Crippen molar-refractivity contribution < 1.29 is 14.7 Å². The van der Waals surface area contributed by atoms with Crippen LogP contribution in [-0.2, 0) is 9.59 Å². The summed E-state index contributed by atoms with van der Waals surface area (Å²) in [6.07, 6.45) is 7.10. The molecule has 2 amide bonds. The average Bonchev–Trinajstić information content (AvgIpc) is 2.96. The maximum atomic E-state index is 12.8. The molecule has 1 aliphatic heterocycles. The molecule has 5 rings (SSSR count). The first-order chi connectivity index (χ1) is 12.0. The highest BCUT2D eigenvalue weighted by Gasteiger charge is 2.54. The van der Waals surface area contributed by atoms with Gasteiger partial charge in [-0.05, 0) is 56.3 Å². The standard InChI is InChI=1S/C19H31N3O3.ClH/c23-16-11-20-9-15(16)10-22-17(24)1-2-21-18(25)19-6-12-3-13(7-19)5-14(4-12)8-19;/h12-16,20,23H,1-11H2,(H,21,25)(H,22,24);1H. The minimum atomic E-state index is -0.379. The highest BCUT2D eigenvalue weighted by atomic mass is 35.5. The average molecular weight is 386 g/mol. The van der Waals surface area contributed by atoms with E-state index in [1.54, 1.807) is 0 Å². The fraction of sp³-hybridized carbons (Fsp3) is 0.895. The van der Waals surface area contributed by atoms with Gasteiger partial charge in [-0.25, -0.2) is 0 Å². The first-order valence-electron chi connectivity index (χ1n) is 9.98. The molecular formula is C19H32ClN3O3. The summed E-state index contributed by atoms with van der Waals surface area (Å²) in [7, 11) is 0. The lowest BCUT2D eigenvalue weighted by Crippen LogP contribution is -2.53. The van der Waals surface area contributed by atoms with E-state index in [0.29, 0.717) is 26.1 Å². The second-order valence-corrected chi connectivity index (χ2v) is 8.99. The Morgan fingerprint density at radius 3 is 2.15 bits per heavy atom. The Balaban J connectivity index is 0.00000196. The van der Waals surface area contributed by atoms with Gasteiger partial charge in [0.15, 0.2) is 0 Å². The molecule has 2 atom stereocenters. The van der Waals surface area contributed by atoms with Gasteiger partial charge in [0.1, 0.15) is 0 Å². The molecule has 1 saturated heterocycles. The third kappa shape index (κ3) is 4.02. The molecule has 4 N–H and O–H groups in total. The molecule has 0 aromatic carbocycles. The monoisotopic (exact) mass is 385 g/mol. The number of hydrogen-bond donors (Lipinski definition) is 4. The van der Waals surface area contributed by atoms with Crippen molar-refractivity contribution >= 4 is 24.2 Å². The second kappa shape index (κ2) is 8.03. The number of nitrogens with one attached hydrogen (secondary N) is 3. The Kier molecular flexibility index (Phi) is 6.14. The smallest absolute Gasteiger partial charge is 0.226 e. The zero-order valence-corrected chi connectivity index (χ0v) is 16.2. The largest absolute Gasteiger partial charge is 0.391 e. The van der Waals surface area contributed by atoms with Crippen LogP contribution in [0.15, 0.2) is 0 Å². The third-order valence-corrected chi connectivity index (χ3v) is 7.02. The van der Waals surface area contributed by atoms with Crippen molar-refractivity contribution in [1.29, 1.82) is 0 Å². The molecule has 0 aromatic rings. The Labute approximate surface area is 161 Å². The Bertz CT molecular complexity index is 507. The summed E-state index contributed by atoms with van der Waals surface area (Å²) in [5.74, 6) is 2.50. The predicted molar refractivity (Wildman–Crippen MR) is 101 cm³/mol. The van der Waals surface area contributed by atoms with E-state index in [2.05, 4.69) is 16.0 Å². The highest BCUT2D eigenvalue weighted by molar-refractivity contribution is 5.85. The van der Waals surface area contributed by atoms with E-state index in [0.717, 1.165) is 43.6 Å². The summed E-state index contributed by atoms with van der Waals surface area (Å²) in [5, 5.41) is 18.8. The van der Waals surface area contributed by atoms with Crippen LogP contribution >= 0.6 is 12.4 Å². The molecule has 4 bridgehead atoms. The van der Waals surface area contributed by atoms with E-state index in [1.165, 1.54) is 19.3 Å². The van der Waals surface area contributed by atoms with Crippen LogP contribution < -0.4 is 16.0 Å². The van der Waals surface area contributed by atoms with E-state index in [1.807, 2.05) is 0 Å². The normalized spacial score (nSPS) is 40.1. The number of carbonyl (C=O) groups is 2. The fourth-order valence-electron chi connectivity index (χ4n) is 6.13. The lowest BCUT2D eigenvalue weighted by Gasteiger charge is -2.55. The van der Waals surface area contributed by atoms with Crippen molar-refractivity contribution in [3.8, 4) is 0 Å². The molecule has 0 radical (unpaired) electrons. The molecule has 4 aliphatic carbocycles. The molecule has 5 fully saturated rings. The SMILES string of the molecule is Cl.O=C(CCNC(=O)C12CC3CC(CC(C3)C1)C2)NCC1CNCC1O. The third-order valence-electron chi connectivity index (χ3n) is 7.02. The van der Waals surface area contributed by atoms with Crippen LogP contribution in [0.3, 0.4) is 0 Å². The quantitative estimate of drug-likeness (QED) is 0.545. The van der Waals surface area contributed by atoms with Crippen molar-refractivity contribution in [3.63, 3.8) is 0 Å². The molecule has 5 aliphatic rings. The minimum absolute atomic E-state index is 0. The summed E-state index contributed by atoms with van der Waals surface area (Å²) in [4.78, 5) is 24.8. The molecule has 0 aromatic heterocycles. The van der Waals surface area contributed by atoms with Gasteiger partial charge in [0.2, 0.25) is 11.8 Å². The molecule has 4 saturated carbocycles. The van der Waals surface area contributed by atoms with E-state index < -0.39 is 0 Å². The van der Waals surface area contributed by atoms with Crippen LogP contribution in [0, 0.1) is 29.1 Å². The number of aliphatic hydroxyl groups is 1. The Hall–Kier alpha value is -0.850. The number of halogens is 1. The van der Waals surface area contributed by atoms with Gasteiger partial charge in [0, 0.05) is 43.9 Å². The van der Waals surface area contributed by atoms with Gasteiger partial charge in [-0.1, -0.05) is 0 Å². The zero-order chi connectivity index (χ0) is 17.4. The van der Waals surface area contributed by atoms with Gasteiger partial charge >= 0.3 is 0 Å². The summed E-state index contributed by atoms with van der Waals surface area (Å²) < 4.78 is 0. The van der Waals surface area contributed by atoms with Crippen molar-refractivity contribution in [3.05, 3.63) is 0 Å². The minimum Gasteiger partial charge on any atom is -0.391 e. The van der Waals surface area contributed by atoms with Gasteiger partial charge in [0.05, 0.1) is 6.10 Å². The van der Waals surface area contributed by atoms with E-state index in [-0.39, 0.29) is 41.7 Å². The summed E-state index contributed by atoms with van der Waals surface area (Å²) in [5.41, 5.74) is -0.134. The molecule has 26 heavy (non-hydrogen) atoms. The van der Waals surface area contributed by atoms with Crippen molar-refractivity contribution in [2.24, 2.45) is 29.1 Å². The predicted octanol–water partition coefficient (Wildman–Crippen LogP) is 0.827. The highest BCUT2D eigenvalue weighted by Crippen LogP contribution is 2.60. The zero-order valence-electron chi connectivity index (χ0n) is 15.3. The topological polar surface area (TPSA) is 90.5 Å². The summed E-state index contributed by atoms with van der Waals surface area (Å²) in [6.45, 7) is 2.25. The van der Waals surface area contributed by atoms with Gasteiger partial charge in [-0.3, -0.25) is 9.59 Å². The molecular weight excluding hydrogens is 354 g/mol. The first kappa shape index (κ1) is 19.9. The van der Waals surface area contributed by atoms with Crippen LogP contribution in [0.25, 0.3) is 0 Å². The first-order valence-corrected chi connectivity index (χ1v) is 9.98. The van der Waals surface area contributed by atoms with Crippen molar-refractivity contribution in [2.75, 3.05) is 26.2 Å². The maximum absolute atomic E-state index is 12.8. The van der Waals surface area contributed by atoms with E-state index in [9.17, 15) is 14.7 Å². The van der Waals surface area contributed by atoms with Crippen LogP contribution in [0.5, 0.6) is 0 Å². The summed E-state index contributed by atoms with van der Waals surface area (Å²) >= 11 is 0. The lowest BCUT2D eigenvalue weighted by molar-refractivity contribution is -0.146. The number of rotatable bonds is 6. The molecule has 0 spiro atoms. The summed E-state index contributed by atoms with van der Waals surface area (Å²) in [6, 6.07) is 0. The Morgan fingerprint density at radius 1 is 1.00 bits per heavy atom. The number of hydrogen-bond acceptors (Lipinski definition) is 4. The number of β-amino-alcohol motifs (C(OH)–C–C–N with tert-alkyl or cyclic N) is 1. The molecule has 6 nitrogen and oxygen atoms in total. The van der Waals surface area contributed by atoms with E-state index in [4.69, 9.17) is 0 Å². The number of carbonyl (C=O) groups excluding carboxylic acids is 2.